The molecule has 5 nitrogen and oxygen atoms in total. The third-order valence-corrected chi connectivity index (χ3v) is 3.77. The van der Waals surface area contributed by atoms with Crippen LogP contribution < -0.4 is 10.1 Å². The van der Waals surface area contributed by atoms with Crippen molar-refractivity contribution in [2.75, 3.05) is 14.1 Å². The highest BCUT2D eigenvalue weighted by Gasteiger charge is 2.11. The van der Waals surface area contributed by atoms with Crippen LogP contribution in [-0.2, 0) is 22.3 Å². The maximum absolute atomic E-state index is 11.7. The van der Waals surface area contributed by atoms with E-state index in [4.69, 9.17) is 0 Å². The molecule has 0 aliphatic rings. The minimum Gasteiger partial charge on any atom is -0.310 e. The van der Waals surface area contributed by atoms with Crippen molar-refractivity contribution < 1.29 is 8.42 Å². The van der Waals surface area contributed by atoms with E-state index >= 15 is 0 Å². The zero-order chi connectivity index (χ0) is 14.5. The van der Waals surface area contributed by atoms with Crippen LogP contribution in [0.5, 0.6) is 0 Å². The largest absolute Gasteiger partial charge is 0.310 e. The molecule has 0 heterocycles. The number of rotatable bonds is 7. The van der Waals surface area contributed by atoms with E-state index in [9.17, 15) is 8.42 Å². The summed E-state index contributed by atoms with van der Waals surface area (Å²) in [6.07, 6.45) is 0. The number of hydrogen-bond donors (Lipinski definition) is 2. The Kier molecular flexibility index (Phi) is 5.93. The maximum atomic E-state index is 11.7. The molecule has 19 heavy (non-hydrogen) atoms. The Morgan fingerprint density at radius 1 is 1.11 bits per heavy atom. The Bertz CT molecular complexity index is 481. The van der Waals surface area contributed by atoms with E-state index in [-0.39, 0.29) is 5.75 Å². The van der Waals surface area contributed by atoms with Gasteiger partial charge in [0.05, 0.1) is 5.75 Å². The summed E-state index contributed by atoms with van der Waals surface area (Å²) >= 11 is 0. The minimum atomic E-state index is -3.31. The van der Waals surface area contributed by atoms with Crippen molar-refractivity contribution in [2.45, 2.75) is 32.2 Å². The fourth-order valence-electron chi connectivity index (χ4n) is 1.61. The predicted octanol–water partition coefficient (Wildman–Crippen LogP) is 1.08. The molecule has 0 radical (unpaired) electrons. The molecule has 0 aromatic heterocycles. The summed E-state index contributed by atoms with van der Waals surface area (Å²) in [7, 11) is -0.0101. The molecule has 1 aromatic carbocycles. The van der Waals surface area contributed by atoms with Gasteiger partial charge in [0.1, 0.15) is 0 Å². The first kappa shape index (κ1) is 16.1. The lowest BCUT2D eigenvalue weighted by Crippen LogP contribution is -2.36. The molecule has 0 saturated carbocycles. The standard InChI is InChI=1S/C13H23N3O2S/c1-11(2)14-9-12-5-7-13(8-6-12)10-19(17,18)15-16(3)4/h5-8,11,14-15H,9-10H2,1-4H3. The van der Waals surface area contributed by atoms with Gasteiger partial charge in [-0.2, -0.15) is 0 Å². The zero-order valence-corrected chi connectivity index (χ0v) is 12.8. The highest BCUT2D eigenvalue weighted by atomic mass is 32.2. The molecule has 2 N–H and O–H groups in total. The summed E-state index contributed by atoms with van der Waals surface area (Å²) < 4.78 is 23.5. The smallest absolute Gasteiger partial charge is 0.228 e. The van der Waals surface area contributed by atoms with Gasteiger partial charge in [-0.1, -0.05) is 38.1 Å². The SMILES string of the molecule is CC(C)NCc1ccc(CS(=O)(=O)NN(C)C)cc1. The van der Waals surface area contributed by atoms with E-state index in [0.717, 1.165) is 17.7 Å². The van der Waals surface area contributed by atoms with Gasteiger partial charge in [-0.05, 0) is 11.1 Å². The number of nitrogens with one attached hydrogen (secondary N) is 2. The maximum Gasteiger partial charge on any atom is 0.228 e. The first-order valence-electron chi connectivity index (χ1n) is 6.27. The second-order valence-corrected chi connectivity index (χ2v) is 6.80. The van der Waals surface area contributed by atoms with Gasteiger partial charge < -0.3 is 5.32 Å². The monoisotopic (exact) mass is 285 g/mol. The molecule has 1 rings (SSSR count). The topological polar surface area (TPSA) is 61.4 Å². The van der Waals surface area contributed by atoms with Crippen LogP contribution in [0, 0.1) is 0 Å². The average molecular weight is 285 g/mol. The lowest BCUT2D eigenvalue weighted by Gasteiger charge is -2.13. The first-order chi connectivity index (χ1) is 8.78. The summed E-state index contributed by atoms with van der Waals surface area (Å²) in [5, 5.41) is 4.75. The predicted molar refractivity (Wildman–Crippen MR) is 77.9 cm³/mol. The van der Waals surface area contributed by atoms with Crippen LogP contribution >= 0.6 is 0 Å². The van der Waals surface area contributed by atoms with E-state index < -0.39 is 10.0 Å². The number of sulfonamides is 1. The second-order valence-electron chi connectivity index (χ2n) is 5.10. The van der Waals surface area contributed by atoms with Crippen molar-refractivity contribution >= 4 is 10.0 Å². The van der Waals surface area contributed by atoms with E-state index in [1.54, 1.807) is 14.1 Å². The molecule has 6 heteroatoms. The Labute approximate surface area is 116 Å². The van der Waals surface area contributed by atoms with Crippen molar-refractivity contribution in [3.8, 4) is 0 Å². The van der Waals surface area contributed by atoms with Crippen LogP contribution in [-0.4, -0.2) is 33.6 Å². The van der Waals surface area contributed by atoms with Crippen molar-refractivity contribution in [1.29, 1.82) is 0 Å². The molecule has 0 aliphatic heterocycles. The third kappa shape index (κ3) is 6.68. The summed E-state index contributed by atoms with van der Waals surface area (Å²) in [5.74, 6) is -0.0108. The molecule has 1 aromatic rings. The number of benzene rings is 1. The van der Waals surface area contributed by atoms with Crippen molar-refractivity contribution in [1.82, 2.24) is 15.2 Å². The van der Waals surface area contributed by atoms with Crippen LogP contribution in [0.1, 0.15) is 25.0 Å². The molecule has 0 bridgehead atoms. The second kappa shape index (κ2) is 7.00. The molecular formula is C13H23N3O2S. The van der Waals surface area contributed by atoms with Crippen LogP contribution in [0.2, 0.25) is 0 Å². The third-order valence-electron chi connectivity index (χ3n) is 2.42. The van der Waals surface area contributed by atoms with Crippen molar-refractivity contribution in [2.24, 2.45) is 0 Å². The lowest BCUT2D eigenvalue weighted by molar-refractivity contribution is 0.363. The minimum absolute atomic E-state index is 0.0108. The lowest BCUT2D eigenvalue weighted by atomic mass is 10.1. The normalized spacial score (nSPS) is 12.3. The molecule has 0 atom stereocenters. The zero-order valence-electron chi connectivity index (χ0n) is 12.0. The fourth-order valence-corrected chi connectivity index (χ4v) is 2.86. The van der Waals surface area contributed by atoms with Gasteiger partial charge in [0, 0.05) is 26.7 Å². The summed E-state index contributed by atoms with van der Waals surface area (Å²) in [4.78, 5) is 2.42. The van der Waals surface area contributed by atoms with Gasteiger partial charge in [0.15, 0.2) is 0 Å². The van der Waals surface area contributed by atoms with Crippen LogP contribution in [0.15, 0.2) is 24.3 Å². The number of hydrazine groups is 1. The van der Waals surface area contributed by atoms with Crippen molar-refractivity contribution in [3.05, 3.63) is 35.4 Å². The number of nitrogens with zero attached hydrogens (tertiary/aromatic N) is 1. The highest BCUT2D eigenvalue weighted by molar-refractivity contribution is 7.88. The Morgan fingerprint density at radius 2 is 1.63 bits per heavy atom. The Hall–Kier alpha value is -0.950. The molecule has 0 aliphatic carbocycles. The summed E-state index contributed by atoms with van der Waals surface area (Å²) in [6, 6.07) is 8.05. The first-order valence-corrected chi connectivity index (χ1v) is 7.92. The Morgan fingerprint density at radius 3 is 2.11 bits per heavy atom. The molecule has 0 saturated heterocycles. The molecule has 0 amide bonds. The molecule has 108 valence electrons. The van der Waals surface area contributed by atoms with E-state index in [1.807, 2.05) is 24.3 Å². The highest BCUT2D eigenvalue weighted by Crippen LogP contribution is 2.08. The number of hydrogen-bond acceptors (Lipinski definition) is 4. The van der Waals surface area contributed by atoms with Gasteiger partial charge in [0.25, 0.3) is 0 Å². The van der Waals surface area contributed by atoms with Gasteiger partial charge in [-0.25, -0.2) is 13.4 Å². The van der Waals surface area contributed by atoms with E-state index in [0.29, 0.717) is 6.04 Å². The van der Waals surface area contributed by atoms with Gasteiger partial charge in [-0.3, -0.25) is 0 Å². The summed E-state index contributed by atoms with van der Waals surface area (Å²) in [5.41, 5.74) is 1.93. The van der Waals surface area contributed by atoms with Crippen molar-refractivity contribution in [3.63, 3.8) is 0 Å². The van der Waals surface area contributed by atoms with Crippen LogP contribution in [0.4, 0.5) is 0 Å². The fraction of sp³-hybridized carbons (Fsp3) is 0.538. The van der Waals surface area contributed by atoms with Gasteiger partial charge in [0.2, 0.25) is 10.0 Å². The van der Waals surface area contributed by atoms with E-state index in [2.05, 4.69) is 24.0 Å². The van der Waals surface area contributed by atoms with E-state index in [1.165, 1.54) is 5.01 Å². The summed E-state index contributed by atoms with van der Waals surface area (Å²) in [6.45, 7) is 4.97. The quantitative estimate of drug-likeness (QED) is 0.736. The molecule has 0 unspecified atom stereocenters. The Balaban J connectivity index is 2.62. The molecular weight excluding hydrogens is 262 g/mol. The van der Waals surface area contributed by atoms with Crippen LogP contribution in [0.25, 0.3) is 0 Å². The van der Waals surface area contributed by atoms with Gasteiger partial charge in [-0.15, -0.1) is 4.83 Å². The average Bonchev–Trinajstić information content (AvgIpc) is 2.25. The van der Waals surface area contributed by atoms with Gasteiger partial charge >= 0.3 is 0 Å². The molecule has 0 fully saturated rings. The van der Waals surface area contributed by atoms with Crippen LogP contribution in [0.3, 0.4) is 0 Å². The molecule has 0 spiro atoms.